The van der Waals surface area contributed by atoms with Crippen molar-refractivity contribution in [3.63, 3.8) is 0 Å². The van der Waals surface area contributed by atoms with Gasteiger partial charge in [0.05, 0.1) is 10.6 Å². The molecule has 4 aromatic carbocycles. The van der Waals surface area contributed by atoms with Gasteiger partial charge in [-0.3, -0.25) is 13.9 Å². The molecule has 4 aromatic rings. The lowest BCUT2D eigenvalue weighted by Gasteiger charge is -2.34. The number of aryl methyl sites for hydroxylation is 1. The average Bonchev–Trinajstić information content (AvgIpc) is 3.03. The standard InChI is InChI=1S/C35H37ClFN3O4S/c1-3-4-22-38-35(42)33(23-27-12-6-5-7-13-27)39(24-28-14-8-9-15-30(28)36)34(41)25-40(32-17-11-10-16-31(32)37)45(43,44)29-20-18-26(2)19-21-29/h5-21,33H,3-4,22-25H2,1-2H3,(H,38,42)/t33-/m0/s1. The zero-order valence-corrected chi connectivity index (χ0v) is 26.9. The van der Waals surface area contributed by atoms with Crippen LogP contribution in [-0.4, -0.2) is 44.3 Å². The number of carbonyl (C=O) groups excluding carboxylic acids is 2. The van der Waals surface area contributed by atoms with Crippen LogP contribution in [0.25, 0.3) is 0 Å². The number of hydrogen-bond donors (Lipinski definition) is 1. The Hall–Kier alpha value is -4.21. The van der Waals surface area contributed by atoms with E-state index < -0.39 is 34.3 Å². The number of nitrogens with zero attached hydrogens (tertiary/aromatic N) is 2. The van der Waals surface area contributed by atoms with Crippen molar-refractivity contribution < 1.29 is 22.4 Å². The molecule has 7 nitrogen and oxygen atoms in total. The van der Waals surface area contributed by atoms with E-state index in [0.29, 0.717) is 17.1 Å². The molecule has 0 saturated carbocycles. The summed E-state index contributed by atoms with van der Waals surface area (Å²) < 4.78 is 44.1. The zero-order chi connectivity index (χ0) is 32.4. The predicted octanol–water partition coefficient (Wildman–Crippen LogP) is 6.54. The van der Waals surface area contributed by atoms with Crippen LogP contribution in [0.4, 0.5) is 10.1 Å². The van der Waals surface area contributed by atoms with Gasteiger partial charge in [0.1, 0.15) is 18.4 Å². The van der Waals surface area contributed by atoms with Gasteiger partial charge < -0.3 is 10.2 Å². The molecule has 0 aliphatic carbocycles. The van der Waals surface area contributed by atoms with Gasteiger partial charge in [-0.15, -0.1) is 0 Å². The fourth-order valence-corrected chi connectivity index (χ4v) is 6.49. The topological polar surface area (TPSA) is 86.8 Å². The molecule has 0 spiro atoms. The van der Waals surface area contributed by atoms with E-state index in [1.807, 2.05) is 44.2 Å². The Bertz CT molecular complexity index is 1700. The summed E-state index contributed by atoms with van der Waals surface area (Å²) in [6.07, 6.45) is 1.78. The highest BCUT2D eigenvalue weighted by Gasteiger charge is 2.35. The summed E-state index contributed by atoms with van der Waals surface area (Å²) in [7, 11) is -4.41. The first-order valence-corrected chi connectivity index (χ1v) is 16.6. The number of sulfonamides is 1. The minimum absolute atomic E-state index is 0.0765. The molecular formula is C35H37ClFN3O4S. The van der Waals surface area contributed by atoms with Gasteiger partial charge in [0, 0.05) is 24.5 Å². The molecule has 0 aliphatic rings. The molecule has 0 radical (unpaired) electrons. The number of nitrogens with one attached hydrogen (secondary N) is 1. The van der Waals surface area contributed by atoms with Crippen molar-refractivity contribution in [2.75, 3.05) is 17.4 Å². The maximum Gasteiger partial charge on any atom is 0.264 e. The second-order valence-electron chi connectivity index (χ2n) is 10.7. The van der Waals surface area contributed by atoms with Crippen molar-refractivity contribution in [2.45, 2.75) is 50.6 Å². The van der Waals surface area contributed by atoms with Crippen LogP contribution in [0.15, 0.2) is 108 Å². The van der Waals surface area contributed by atoms with E-state index in [1.165, 1.54) is 35.2 Å². The molecule has 0 aliphatic heterocycles. The van der Waals surface area contributed by atoms with Crippen LogP contribution in [-0.2, 0) is 32.6 Å². The van der Waals surface area contributed by atoms with E-state index in [9.17, 15) is 18.0 Å². The van der Waals surface area contributed by atoms with Crippen molar-refractivity contribution in [3.05, 3.63) is 131 Å². The monoisotopic (exact) mass is 649 g/mol. The van der Waals surface area contributed by atoms with E-state index in [-0.39, 0.29) is 29.5 Å². The van der Waals surface area contributed by atoms with Crippen LogP contribution in [0.1, 0.15) is 36.5 Å². The molecular weight excluding hydrogens is 613 g/mol. The summed E-state index contributed by atoms with van der Waals surface area (Å²) in [5.74, 6) is -1.89. The molecule has 2 amide bonds. The van der Waals surface area contributed by atoms with Gasteiger partial charge in [0.2, 0.25) is 11.8 Å². The van der Waals surface area contributed by atoms with Crippen LogP contribution in [0.3, 0.4) is 0 Å². The lowest BCUT2D eigenvalue weighted by atomic mass is 10.0. The molecule has 0 heterocycles. The second-order valence-corrected chi connectivity index (χ2v) is 13.0. The summed E-state index contributed by atoms with van der Waals surface area (Å²) in [6, 6.07) is 26.7. The Morgan fingerprint density at radius 3 is 2.20 bits per heavy atom. The van der Waals surface area contributed by atoms with Crippen molar-refractivity contribution in [1.29, 1.82) is 0 Å². The first-order valence-electron chi connectivity index (χ1n) is 14.8. The number of unbranched alkanes of at least 4 members (excludes halogenated alkanes) is 1. The van der Waals surface area contributed by atoms with Gasteiger partial charge >= 0.3 is 0 Å². The van der Waals surface area contributed by atoms with Gasteiger partial charge in [-0.1, -0.05) is 103 Å². The van der Waals surface area contributed by atoms with Crippen LogP contribution in [0, 0.1) is 12.7 Å². The number of rotatable bonds is 14. The summed E-state index contributed by atoms with van der Waals surface area (Å²) in [5, 5.41) is 3.32. The van der Waals surface area contributed by atoms with Crippen LogP contribution >= 0.6 is 11.6 Å². The largest absolute Gasteiger partial charge is 0.354 e. The number of hydrogen-bond acceptors (Lipinski definition) is 4. The van der Waals surface area contributed by atoms with Gasteiger partial charge in [0.15, 0.2) is 0 Å². The van der Waals surface area contributed by atoms with Crippen LogP contribution in [0.5, 0.6) is 0 Å². The highest BCUT2D eigenvalue weighted by molar-refractivity contribution is 7.92. The molecule has 0 fully saturated rings. The first kappa shape index (κ1) is 33.7. The Balaban J connectivity index is 1.80. The summed E-state index contributed by atoms with van der Waals surface area (Å²) in [6.45, 7) is 3.41. The molecule has 1 atom stereocenters. The number of amides is 2. The number of anilines is 1. The van der Waals surface area contributed by atoms with Crippen LogP contribution < -0.4 is 9.62 Å². The molecule has 1 N–H and O–H groups in total. The fourth-order valence-electron chi connectivity index (χ4n) is 4.88. The lowest BCUT2D eigenvalue weighted by Crippen LogP contribution is -2.53. The van der Waals surface area contributed by atoms with Gasteiger partial charge in [0.25, 0.3) is 10.0 Å². The third kappa shape index (κ3) is 8.71. The Morgan fingerprint density at radius 1 is 0.889 bits per heavy atom. The third-order valence-corrected chi connectivity index (χ3v) is 9.55. The average molecular weight is 650 g/mol. The van der Waals surface area contributed by atoms with E-state index in [2.05, 4.69) is 5.32 Å². The molecule has 0 unspecified atom stereocenters. The van der Waals surface area contributed by atoms with Gasteiger partial charge in [-0.05, 0) is 54.8 Å². The summed E-state index contributed by atoms with van der Waals surface area (Å²) in [4.78, 5) is 29.4. The summed E-state index contributed by atoms with van der Waals surface area (Å²) in [5.41, 5.74) is 1.94. The number of para-hydroxylation sites is 1. The SMILES string of the molecule is CCCCNC(=O)[C@H](Cc1ccccc1)N(Cc1ccccc1Cl)C(=O)CN(c1ccccc1F)S(=O)(=O)c1ccc(C)cc1. The molecule has 10 heteroatoms. The quantitative estimate of drug-likeness (QED) is 0.157. The van der Waals surface area contributed by atoms with Crippen LogP contribution in [0.2, 0.25) is 5.02 Å². The van der Waals surface area contributed by atoms with E-state index in [4.69, 9.17) is 11.6 Å². The van der Waals surface area contributed by atoms with E-state index in [0.717, 1.165) is 34.3 Å². The highest BCUT2D eigenvalue weighted by Crippen LogP contribution is 2.28. The second kappa shape index (κ2) is 15.7. The van der Waals surface area contributed by atoms with Crippen molar-refractivity contribution in [2.24, 2.45) is 0 Å². The predicted molar refractivity (Wildman–Crippen MR) is 176 cm³/mol. The van der Waals surface area contributed by atoms with Crippen molar-refractivity contribution >= 4 is 39.1 Å². The van der Waals surface area contributed by atoms with E-state index in [1.54, 1.807) is 36.4 Å². The Morgan fingerprint density at radius 2 is 1.53 bits per heavy atom. The maximum atomic E-state index is 15.2. The molecule has 0 saturated heterocycles. The number of halogens is 2. The fraction of sp³-hybridized carbons (Fsp3) is 0.257. The Labute approximate surface area is 269 Å². The zero-order valence-electron chi connectivity index (χ0n) is 25.3. The highest BCUT2D eigenvalue weighted by atomic mass is 35.5. The van der Waals surface area contributed by atoms with Gasteiger partial charge in [-0.25, -0.2) is 12.8 Å². The molecule has 0 bridgehead atoms. The lowest BCUT2D eigenvalue weighted by molar-refractivity contribution is -0.140. The summed E-state index contributed by atoms with van der Waals surface area (Å²) >= 11 is 6.51. The molecule has 236 valence electrons. The minimum atomic E-state index is -4.41. The van der Waals surface area contributed by atoms with Crippen molar-refractivity contribution in [1.82, 2.24) is 10.2 Å². The normalized spacial score (nSPS) is 11.9. The number of carbonyl (C=O) groups is 2. The van der Waals surface area contributed by atoms with Crippen molar-refractivity contribution in [3.8, 4) is 0 Å². The maximum absolute atomic E-state index is 15.2. The molecule has 45 heavy (non-hydrogen) atoms. The third-order valence-electron chi connectivity index (χ3n) is 7.41. The number of benzene rings is 4. The molecule has 0 aromatic heterocycles. The van der Waals surface area contributed by atoms with E-state index >= 15 is 4.39 Å². The molecule has 4 rings (SSSR count). The smallest absolute Gasteiger partial charge is 0.264 e. The first-order chi connectivity index (χ1) is 21.6. The van der Waals surface area contributed by atoms with Gasteiger partial charge in [-0.2, -0.15) is 0 Å². The minimum Gasteiger partial charge on any atom is -0.354 e. The Kier molecular flexibility index (Phi) is 11.7.